The highest BCUT2D eigenvalue weighted by molar-refractivity contribution is 7.19. The van der Waals surface area contributed by atoms with E-state index in [1.807, 2.05) is 53.7 Å². The number of hydrogen-bond donors (Lipinski definition) is 1. The van der Waals surface area contributed by atoms with Gasteiger partial charge in [0, 0.05) is 28.2 Å². The van der Waals surface area contributed by atoms with Crippen LogP contribution in [0.1, 0.15) is 16.1 Å². The van der Waals surface area contributed by atoms with Crippen molar-refractivity contribution >= 4 is 37.9 Å². The molecule has 29 heavy (non-hydrogen) atoms. The first-order valence-corrected chi connectivity index (χ1v) is 11.0. The van der Waals surface area contributed by atoms with E-state index in [1.54, 1.807) is 11.3 Å². The second-order valence-electron chi connectivity index (χ2n) is 6.79. The molecule has 4 aromatic heterocycles. The minimum Gasteiger partial charge on any atom is -0.357 e. The Balaban J connectivity index is 1.30. The lowest BCUT2D eigenvalue weighted by Crippen LogP contribution is -2.00. The molecule has 7 heteroatoms. The van der Waals surface area contributed by atoms with E-state index in [0.717, 1.165) is 34.5 Å². The van der Waals surface area contributed by atoms with E-state index >= 15 is 0 Å². The minimum absolute atomic E-state index is 0.734. The molecule has 0 saturated heterocycles. The Hall–Kier alpha value is -3.03. The molecule has 0 spiro atoms. The number of benzene rings is 1. The van der Waals surface area contributed by atoms with Crippen LogP contribution in [0.4, 0.5) is 5.13 Å². The molecule has 5 nitrogen and oxygen atoms in total. The van der Waals surface area contributed by atoms with E-state index in [0.29, 0.717) is 0 Å². The van der Waals surface area contributed by atoms with Gasteiger partial charge in [-0.3, -0.25) is 9.67 Å². The molecular weight excluding hydrogens is 398 g/mol. The van der Waals surface area contributed by atoms with Crippen LogP contribution >= 0.6 is 22.7 Å². The summed E-state index contributed by atoms with van der Waals surface area (Å²) in [6.45, 7) is 3.55. The number of nitrogens with zero attached hydrogens (tertiary/aromatic N) is 4. The van der Waals surface area contributed by atoms with Gasteiger partial charge in [0.15, 0.2) is 5.13 Å². The Morgan fingerprint density at radius 1 is 1.03 bits per heavy atom. The van der Waals surface area contributed by atoms with Gasteiger partial charge in [-0.2, -0.15) is 5.10 Å². The largest absolute Gasteiger partial charge is 0.357 e. The summed E-state index contributed by atoms with van der Waals surface area (Å²) in [5, 5.41) is 10.4. The quantitative estimate of drug-likeness (QED) is 0.391. The maximum Gasteiger partial charge on any atom is 0.183 e. The summed E-state index contributed by atoms with van der Waals surface area (Å²) in [4.78, 5) is 11.2. The van der Waals surface area contributed by atoms with Crippen molar-refractivity contribution in [3.8, 4) is 10.6 Å². The second kappa shape index (κ2) is 7.77. The first-order chi connectivity index (χ1) is 14.2. The number of pyridine rings is 1. The number of rotatable bonds is 6. The number of nitrogens with one attached hydrogen (secondary N) is 1. The van der Waals surface area contributed by atoms with Crippen molar-refractivity contribution in [2.45, 2.75) is 20.0 Å². The predicted molar refractivity (Wildman–Crippen MR) is 121 cm³/mol. The zero-order valence-electron chi connectivity index (χ0n) is 15.9. The van der Waals surface area contributed by atoms with Crippen LogP contribution in [0.25, 0.3) is 20.7 Å². The molecule has 144 valence electrons. The van der Waals surface area contributed by atoms with Crippen LogP contribution < -0.4 is 5.32 Å². The molecule has 0 amide bonds. The predicted octanol–water partition coefficient (Wildman–Crippen LogP) is 5.59. The second-order valence-corrected chi connectivity index (χ2v) is 8.96. The summed E-state index contributed by atoms with van der Waals surface area (Å²) in [6.07, 6.45) is 5.63. The first-order valence-electron chi connectivity index (χ1n) is 9.36. The number of anilines is 1. The van der Waals surface area contributed by atoms with E-state index in [1.165, 1.54) is 20.5 Å². The zero-order chi connectivity index (χ0) is 19.6. The van der Waals surface area contributed by atoms with Gasteiger partial charge < -0.3 is 5.32 Å². The lowest BCUT2D eigenvalue weighted by Gasteiger charge is -2.00. The fourth-order valence-electron chi connectivity index (χ4n) is 3.24. The van der Waals surface area contributed by atoms with Gasteiger partial charge >= 0.3 is 0 Å². The standard InChI is InChI=1S/C22H19N5S2/c1-15-21(19-8-11-27(26-19)14-16-6-9-23-10-7-16)29-22(25-15)24-13-18-12-17-4-2-3-5-20(17)28-18/h2-12H,13-14H2,1H3,(H,24,25). The van der Waals surface area contributed by atoms with Gasteiger partial charge in [-0.1, -0.05) is 29.5 Å². The molecule has 0 bridgehead atoms. The molecule has 1 aromatic carbocycles. The molecule has 5 aromatic rings. The number of fused-ring (bicyclic) bond motifs is 1. The molecule has 0 radical (unpaired) electrons. The topological polar surface area (TPSA) is 55.6 Å². The third-order valence-corrected chi connectivity index (χ3v) is 6.91. The highest BCUT2D eigenvalue weighted by Gasteiger charge is 2.13. The minimum atomic E-state index is 0.734. The fourth-order valence-corrected chi connectivity index (χ4v) is 5.17. The molecule has 0 fully saturated rings. The Kier molecular flexibility index (Phi) is 4.83. The number of thiophene rings is 1. The molecule has 0 aliphatic rings. The van der Waals surface area contributed by atoms with Crippen molar-refractivity contribution in [2.24, 2.45) is 0 Å². The van der Waals surface area contributed by atoms with Crippen LogP contribution in [-0.2, 0) is 13.1 Å². The van der Waals surface area contributed by atoms with Gasteiger partial charge in [0.1, 0.15) is 5.69 Å². The van der Waals surface area contributed by atoms with Gasteiger partial charge in [-0.15, -0.1) is 11.3 Å². The monoisotopic (exact) mass is 417 g/mol. The van der Waals surface area contributed by atoms with Crippen LogP contribution in [0.3, 0.4) is 0 Å². The molecule has 0 aliphatic heterocycles. The lowest BCUT2D eigenvalue weighted by molar-refractivity contribution is 0.689. The van der Waals surface area contributed by atoms with Gasteiger partial charge in [-0.25, -0.2) is 4.98 Å². The molecule has 0 atom stereocenters. The van der Waals surface area contributed by atoms with E-state index in [4.69, 9.17) is 10.1 Å². The van der Waals surface area contributed by atoms with Crippen LogP contribution in [0.2, 0.25) is 0 Å². The summed E-state index contributed by atoms with van der Waals surface area (Å²) >= 11 is 3.48. The van der Waals surface area contributed by atoms with Crippen molar-refractivity contribution in [1.82, 2.24) is 19.7 Å². The average Bonchev–Trinajstić information content (AvgIpc) is 3.45. The van der Waals surface area contributed by atoms with E-state index in [-0.39, 0.29) is 0 Å². The van der Waals surface area contributed by atoms with Crippen molar-refractivity contribution in [1.29, 1.82) is 0 Å². The summed E-state index contributed by atoms with van der Waals surface area (Å²) in [5.41, 5.74) is 3.15. The summed E-state index contributed by atoms with van der Waals surface area (Å²) in [5.74, 6) is 0. The van der Waals surface area contributed by atoms with E-state index in [2.05, 4.69) is 46.7 Å². The van der Waals surface area contributed by atoms with Gasteiger partial charge in [0.05, 0.1) is 23.7 Å². The number of thiazole rings is 1. The Bertz CT molecular complexity index is 1220. The Labute approximate surface area is 176 Å². The molecule has 5 rings (SSSR count). The number of aromatic nitrogens is 4. The Morgan fingerprint density at radius 3 is 2.76 bits per heavy atom. The van der Waals surface area contributed by atoms with Crippen molar-refractivity contribution in [3.63, 3.8) is 0 Å². The Morgan fingerprint density at radius 2 is 1.90 bits per heavy atom. The molecule has 1 N–H and O–H groups in total. The molecule has 4 heterocycles. The van der Waals surface area contributed by atoms with Crippen molar-refractivity contribution in [2.75, 3.05) is 5.32 Å². The van der Waals surface area contributed by atoms with Crippen LogP contribution in [0.15, 0.2) is 67.1 Å². The van der Waals surface area contributed by atoms with Gasteiger partial charge in [0.25, 0.3) is 0 Å². The molecular formula is C22H19N5S2. The highest BCUT2D eigenvalue weighted by atomic mass is 32.1. The first kappa shape index (κ1) is 18.0. The maximum atomic E-state index is 4.74. The van der Waals surface area contributed by atoms with Gasteiger partial charge in [0.2, 0.25) is 0 Å². The van der Waals surface area contributed by atoms with Crippen molar-refractivity contribution < 1.29 is 0 Å². The fraction of sp³-hybridized carbons (Fsp3) is 0.136. The normalized spacial score (nSPS) is 11.2. The SMILES string of the molecule is Cc1nc(NCc2cc3ccccc3s2)sc1-c1ccn(Cc2ccncc2)n1. The smallest absolute Gasteiger partial charge is 0.183 e. The third kappa shape index (κ3) is 3.92. The number of aryl methyl sites for hydroxylation is 1. The summed E-state index contributed by atoms with van der Waals surface area (Å²) in [6, 6.07) is 16.8. The highest BCUT2D eigenvalue weighted by Crippen LogP contribution is 2.32. The van der Waals surface area contributed by atoms with Crippen LogP contribution in [0, 0.1) is 6.92 Å². The molecule has 0 aliphatic carbocycles. The number of hydrogen-bond acceptors (Lipinski definition) is 6. The van der Waals surface area contributed by atoms with Gasteiger partial charge in [-0.05, 0) is 48.2 Å². The van der Waals surface area contributed by atoms with E-state index < -0.39 is 0 Å². The molecule has 0 unspecified atom stereocenters. The molecule has 0 saturated carbocycles. The lowest BCUT2D eigenvalue weighted by atomic mass is 10.2. The van der Waals surface area contributed by atoms with E-state index in [9.17, 15) is 0 Å². The van der Waals surface area contributed by atoms with Crippen LogP contribution in [0.5, 0.6) is 0 Å². The zero-order valence-corrected chi connectivity index (χ0v) is 17.5. The van der Waals surface area contributed by atoms with Crippen LogP contribution in [-0.4, -0.2) is 19.7 Å². The van der Waals surface area contributed by atoms with Crippen molar-refractivity contribution in [3.05, 3.63) is 83.3 Å². The summed E-state index contributed by atoms with van der Waals surface area (Å²) < 4.78 is 3.27. The maximum absolute atomic E-state index is 4.74. The third-order valence-electron chi connectivity index (χ3n) is 4.65. The summed E-state index contributed by atoms with van der Waals surface area (Å²) in [7, 11) is 0. The average molecular weight is 418 g/mol.